The first kappa shape index (κ1) is 25.4. The Morgan fingerprint density at radius 3 is 2.58 bits per heavy atom. The minimum atomic E-state index is -0.807. The zero-order valence-electron chi connectivity index (χ0n) is 20.0. The molecule has 0 aliphatic carbocycles. The van der Waals surface area contributed by atoms with Crippen LogP contribution in [0.3, 0.4) is 0 Å². The van der Waals surface area contributed by atoms with Crippen LogP contribution in [0.1, 0.15) is 19.4 Å². The summed E-state index contributed by atoms with van der Waals surface area (Å²) in [6.07, 6.45) is 0.764. The second-order valence-corrected chi connectivity index (χ2v) is 8.89. The van der Waals surface area contributed by atoms with Crippen molar-refractivity contribution in [1.82, 2.24) is 9.66 Å². The summed E-state index contributed by atoms with van der Waals surface area (Å²) in [5, 5.41) is 4.99. The van der Waals surface area contributed by atoms with Crippen molar-refractivity contribution < 1.29 is 19.0 Å². The number of aromatic nitrogens is 2. The van der Waals surface area contributed by atoms with Gasteiger partial charge in [-0.25, -0.2) is 9.78 Å². The molecule has 0 bridgehead atoms. The van der Waals surface area contributed by atoms with E-state index in [1.165, 1.54) is 11.8 Å². The minimum absolute atomic E-state index is 0.276. The van der Waals surface area contributed by atoms with Crippen molar-refractivity contribution in [3.8, 4) is 22.9 Å². The van der Waals surface area contributed by atoms with Gasteiger partial charge in [0.05, 0.1) is 34.4 Å². The van der Waals surface area contributed by atoms with Gasteiger partial charge in [0.15, 0.2) is 23.4 Å². The lowest BCUT2D eigenvalue weighted by Crippen LogP contribution is -2.25. The Balaban J connectivity index is 1.79. The summed E-state index contributed by atoms with van der Waals surface area (Å²) in [5.41, 5.74) is 1.77. The van der Waals surface area contributed by atoms with Gasteiger partial charge in [0.2, 0.25) is 0 Å². The lowest BCUT2D eigenvalue weighted by molar-refractivity contribution is -0.148. The third-order valence-electron chi connectivity index (χ3n) is 5.27. The maximum absolute atomic E-state index is 13.4. The van der Waals surface area contributed by atoms with Crippen LogP contribution in [-0.4, -0.2) is 41.7 Å². The first-order chi connectivity index (χ1) is 17.4. The molecule has 0 amide bonds. The van der Waals surface area contributed by atoms with E-state index in [9.17, 15) is 9.59 Å². The quantitative estimate of drug-likeness (QED) is 0.163. The molecule has 0 aliphatic rings. The Morgan fingerprint density at radius 2 is 1.86 bits per heavy atom. The summed E-state index contributed by atoms with van der Waals surface area (Å²) in [5.74, 6) is 0.827. The van der Waals surface area contributed by atoms with Crippen LogP contribution < -0.4 is 15.0 Å². The van der Waals surface area contributed by atoms with Crippen LogP contribution in [0.15, 0.2) is 76.6 Å². The fraction of sp³-hybridized carbons (Fsp3) is 0.185. The zero-order valence-corrected chi connectivity index (χ0v) is 22.1. The maximum Gasteiger partial charge on any atom is 0.346 e. The number of rotatable bonds is 8. The number of carbonyl (C=O) groups is 1. The summed E-state index contributed by atoms with van der Waals surface area (Å²) >= 11 is 2.11. The Labute approximate surface area is 221 Å². The van der Waals surface area contributed by atoms with Gasteiger partial charge in [-0.05, 0) is 66.3 Å². The predicted molar refractivity (Wildman–Crippen MR) is 147 cm³/mol. The van der Waals surface area contributed by atoms with Crippen LogP contribution in [0, 0.1) is 3.57 Å². The smallest absolute Gasteiger partial charge is 0.346 e. The number of para-hydroxylation sites is 1. The van der Waals surface area contributed by atoms with Crippen molar-refractivity contribution >= 4 is 45.7 Å². The van der Waals surface area contributed by atoms with Crippen molar-refractivity contribution in [3.63, 3.8) is 0 Å². The first-order valence-electron chi connectivity index (χ1n) is 11.2. The van der Waals surface area contributed by atoms with E-state index in [4.69, 9.17) is 19.2 Å². The van der Waals surface area contributed by atoms with E-state index in [0.29, 0.717) is 44.0 Å². The number of ether oxygens (including phenoxy) is 3. The normalized spacial score (nSPS) is 12.0. The average Bonchev–Trinajstić information content (AvgIpc) is 2.90. The molecule has 0 radical (unpaired) electrons. The molecule has 0 spiro atoms. The van der Waals surface area contributed by atoms with E-state index in [-0.39, 0.29) is 5.56 Å². The highest BCUT2D eigenvalue weighted by Gasteiger charge is 2.20. The molecule has 0 saturated heterocycles. The lowest BCUT2D eigenvalue weighted by Gasteiger charge is -2.18. The fourth-order valence-corrected chi connectivity index (χ4v) is 4.31. The molecule has 184 valence electrons. The minimum Gasteiger partial charge on any atom is -0.490 e. The van der Waals surface area contributed by atoms with E-state index < -0.39 is 12.1 Å². The van der Waals surface area contributed by atoms with Crippen molar-refractivity contribution in [2.75, 3.05) is 13.7 Å². The standard InChI is InChI=1S/C27H24IN3O5/c1-4-35-23-15-18(14-21(28)24(23)36-17(2)27(33)34-3)16-29-31-25(19-10-6-5-7-11-19)30-22-13-9-8-12-20(22)26(31)32/h5-17H,4H2,1-3H3/t17-/m0/s1. The number of hydrogen-bond donors (Lipinski definition) is 0. The SMILES string of the molecule is CCOc1cc(C=Nn2c(-c3ccccc3)nc3ccccc3c2=O)cc(I)c1O[C@@H](C)C(=O)OC. The molecular weight excluding hydrogens is 573 g/mol. The molecule has 4 aromatic rings. The average molecular weight is 597 g/mol. The van der Waals surface area contributed by atoms with E-state index in [2.05, 4.69) is 27.7 Å². The molecule has 3 aromatic carbocycles. The Bertz CT molecular complexity index is 1480. The molecule has 0 aliphatic heterocycles. The Hall–Kier alpha value is -3.73. The van der Waals surface area contributed by atoms with E-state index in [1.54, 1.807) is 31.3 Å². The molecule has 4 rings (SSSR count). The molecule has 0 fully saturated rings. The largest absolute Gasteiger partial charge is 0.490 e. The van der Waals surface area contributed by atoms with Crippen LogP contribution in [0.25, 0.3) is 22.3 Å². The highest BCUT2D eigenvalue weighted by Crippen LogP contribution is 2.35. The summed E-state index contributed by atoms with van der Waals surface area (Å²) in [6, 6.07) is 20.2. The van der Waals surface area contributed by atoms with Crippen LogP contribution in [0.2, 0.25) is 0 Å². The number of carbonyl (C=O) groups excluding carboxylic acids is 1. The Morgan fingerprint density at radius 1 is 1.14 bits per heavy atom. The fourth-order valence-electron chi connectivity index (χ4n) is 3.56. The number of nitrogens with zero attached hydrogens (tertiary/aromatic N) is 3. The highest BCUT2D eigenvalue weighted by molar-refractivity contribution is 14.1. The number of esters is 1. The van der Waals surface area contributed by atoms with E-state index in [0.717, 1.165) is 5.56 Å². The summed E-state index contributed by atoms with van der Waals surface area (Å²) in [6.45, 7) is 3.86. The molecule has 0 unspecified atom stereocenters. The number of hydrogen-bond acceptors (Lipinski definition) is 7. The molecule has 36 heavy (non-hydrogen) atoms. The van der Waals surface area contributed by atoms with Crippen LogP contribution >= 0.6 is 22.6 Å². The molecule has 1 heterocycles. The second-order valence-electron chi connectivity index (χ2n) is 7.73. The van der Waals surface area contributed by atoms with Crippen molar-refractivity contribution in [2.45, 2.75) is 20.0 Å². The third kappa shape index (κ3) is 5.40. The van der Waals surface area contributed by atoms with Gasteiger partial charge < -0.3 is 14.2 Å². The van der Waals surface area contributed by atoms with Gasteiger partial charge in [0.1, 0.15) is 0 Å². The van der Waals surface area contributed by atoms with Gasteiger partial charge in [-0.3, -0.25) is 4.79 Å². The zero-order chi connectivity index (χ0) is 25.7. The molecule has 8 nitrogen and oxygen atoms in total. The van der Waals surface area contributed by atoms with Gasteiger partial charge in [-0.1, -0.05) is 42.5 Å². The molecule has 1 atom stereocenters. The predicted octanol–water partition coefficient (Wildman–Crippen LogP) is 4.89. The number of halogens is 1. The molecule has 0 N–H and O–H groups in total. The summed E-state index contributed by atoms with van der Waals surface area (Å²) < 4.78 is 18.4. The van der Waals surface area contributed by atoms with Crippen molar-refractivity contribution in [1.29, 1.82) is 0 Å². The monoisotopic (exact) mass is 597 g/mol. The van der Waals surface area contributed by atoms with E-state index in [1.807, 2.05) is 55.5 Å². The summed E-state index contributed by atoms with van der Waals surface area (Å²) in [7, 11) is 1.31. The highest BCUT2D eigenvalue weighted by atomic mass is 127. The lowest BCUT2D eigenvalue weighted by atomic mass is 10.2. The summed E-state index contributed by atoms with van der Waals surface area (Å²) in [4.78, 5) is 29.9. The first-order valence-corrected chi connectivity index (χ1v) is 12.3. The molecule has 0 saturated carbocycles. The van der Waals surface area contributed by atoms with Gasteiger partial charge in [-0.2, -0.15) is 9.78 Å². The topological polar surface area (TPSA) is 92.0 Å². The van der Waals surface area contributed by atoms with Crippen molar-refractivity contribution in [3.05, 3.63) is 86.2 Å². The molecule has 1 aromatic heterocycles. The number of benzene rings is 3. The van der Waals surface area contributed by atoms with Crippen LogP contribution in [0.4, 0.5) is 0 Å². The third-order valence-corrected chi connectivity index (χ3v) is 6.07. The van der Waals surface area contributed by atoms with Gasteiger partial charge in [0, 0.05) is 5.56 Å². The molecular formula is C27H24IN3O5. The maximum atomic E-state index is 13.4. The Kier molecular flexibility index (Phi) is 7.99. The van der Waals surface area contributed by atoms with Crippen molar-refractivity contribution in [2.24, 2.45) is 5.10 Å². The van der Waals surface area contributed by atoms with Crippen LogP contribution in [0.5, 0.6) is 11.5 Å². The number of methoxy groups -OCH3 is 1. The molecule has 9 heteroatoms. The van der Waals surface area contributed by atoms with Gasteiger partial charge in [-0.15, -0.1) is 0 Å². The van der Waals surface area contributed by atoms with E-state index >= 15 is 0 Å². The second kappa shape index (κ2) is 11.3. The van der Waals surface area contributed by atoms with Crippen LogP contribution in [-0.2, 0) is 9.53 Å². The van der Waals surface area contributed by atoms with Gasteiger partial charge in [0.25, 0.3) is 5.56 Å². The van der Waals surface area contributed by atoms with Gasteiger partial charge >= 0.3 is 5.97 Å². The number of fused-ring (bicyclic) bond motifs is 1.